The number of amides is 1. The summed E-state index contributed by atoms with van der Waals surface area (Å²) in [6, 6.07) is 2.53. The second kappa shape index (κ2) is 6.38. The fourth-order valence-corrected chi connectivity index (χ4v) is 3.09. The normalized spacial score (nSPS) is 19.2. The number of likely N-dealkylation sites (N-methyl/N-ethyl adjacent to an activating group) is 1. The molecule has 3 nitrogen and oxygen atoms in total. The van der Waals surface area contributed by atoms with Crippen LogP contribution in [-0.4, -0.2) is 37.0 Å². The zero-order chi connectivity index (χ0) is 11.5. The van der Waals surface area contributed by atoms with E-state index in [4.69, 9.17) is 0 Å². The number of thiophene rings is 1. The Morgan fingerprint density at radius 1 is 1.65 bits per heavy atom. The molecular formula is C12H19ClN2OS. The van der Waals surface area contributed by atoms with Gasteiger partial charge in [-0.2, -0.15) is 0 Å². The Bertz CT molecular complexity index is 380. The molecule has 0 radical (unpaired) electrons. The highest BCUT2D eigenvalue weighted by Gasteiger charge is 2.27. The van der Waals surface area contributed by atoms with Gasteiger partial charge in [0.15, 0.2) is 0 Å². The summed E-state index contributed by atoms with van der Waals surface area (Å²) in [7, 11) is 1.96. The van der Waals surface area contributed by atoms with Crippen molar-refractivity contribution in [1.29, 1.82) is 0 Å². The molecule has 1 aliphatic heterocycles. The first-order valence-electron chi connectivity index (χ1n) is 5.79. The maximum Gasteiger partial charge on any atom is 0.264 e. The monoisotopic (exact) mass is 274 g/mol. The lowest BCUT2D eigenvalue weighted by molar-refractivity contribution is 0.0793. The van der Waals surface area contributed by atoms with Crippen molar-refractivity contribution < 1.29 is 4.79 Å². The lowest BCUT2D eigenvalue weighted by atomic mass is 10.2. The second-order valence-corrected chi connectivity index (χ2v) is 5.07. The van der Waals surface area contributed by atoms with E-state index >= 15 is 0 Å². The summed E-state index contributed by atoms with van der Waals surface area (Å²) in [5.74, 6) is 0.213. The van der Waals surface area contributed by atoms with Gasteiger partial charge in [0.2, 0.25) is 0 Å². The van der Waals surface area contributed by atoms with Crippen LogP contribution in [0.1, 0.15) is 28.6 Å². The first kappa shape index (κ1) is 14.5. The van der Waals surface area contributed by atoms with Gasteiger partial charge in [-0.1, -0.05) is 6.92 Å². The third-order valence-electron chi connectivity index (χ3n) is 3.21. The smallest absolute Gasteiger partial charge is 0.264 e. The van der Waals surface area contributed by atoms with Crippen LogP contribution in [0.25, 0.3) is 0 Å². The number of carbonyl (C=O) groups is 1. The Morgan fingerprint density at radius 2 is 2.41 bits per heavy atom. The molecule has 0 aromatic carbocycles. The highest BCUT2D eigenvalue weighted by Crippen LogP contribution is 2.21. The predicted molar refractivity (Wildman–Crippen MR) is 74.3 cm³/mol. The van der Waals surface area contributed by atoms with E-state index in [1.54, 1.807) is 11.3 Å². The van der Waals surface area contributed by atoms with E-state index in [1.807, 2.05) is 17.3 Å². The van der Waals surface area contributed by atoms with Crippen molar-refractivity contribution in [3.05, 3.63) is 21.9 Å². The van der Waals surface area contributed by atoms with Gasteiger partial charge in [0, 0.05) is 19.1 Å². The maximum atomic E-state index is 12.3. The average Bonchev–Trinajstić information content (AvgIpc) is 2.96. The molecule has 17 heavy (non-hydrogen) atoms. The topological polar surface area (TPSA) is 32.3 Å². The number of aryl methyl sites for hydroxylation is 1. The Kier molecular flexibility index (Phi) is 5.43. The highest BCUT2D eigenvalue weighted by molar-refractivity contribution is 7.12. The number of hydrogen-bond donors (Lipinski definition) is 1. The molecule has 1 aromatic heterocycles. The standard InChI is InChI=1S/C12H18N2OS.ClH/c1-3-9-5-7-16-11(9)12(15)14-6-4-10(8-14)13-2;/h5,7,10,13H,3-4,6,8H2,1-2H3;1H. The number of hydrogen-bond acceptors (Lipinski definition) is 3. The third kappa shape index (κ3) is 3.00. The fraction of sp³-hybridized carbons (Fsp3) is 0.583. The second-order valence-electron chi connectivity index (χ2n) is 4.15. The number of nitrogens with zero attached hydrogens (tertiary/aromatic N) is 1. The van der Waals surface area contributed by atoms with Crippen LogP contribution in [0.2, 0.25) is 0 Å². The van der Waals surface area contributed by atoms with Crippen molar-refractivity contribution >= 4 is 29.7 Å². The molecule has 0 spiro atoms. The van der Waals surface area contributed by atoms with Crippen molar-refractivity contribution in [2.24, 2.45) is 0 Å². The van der Waals surface area contributed by atoms with E-state index in [0.29, 0.717) is 6.04 Å². The summed E-state index contributed by atoms with van der Waals surface area (Å²) in [5.41, 5.74) is 1.18. The van der Waals surface area contributed by atoms with E-state index in [0.717, 1.165) is 30.8 Å². The molecule has 2 rings (SSSR count). The largest absolute Gasteiger partial charge is 0.336 e. The van der Waals surface area contributed by atoms with Crippen LogP contribution in [0.15, 0.2) is 11.4 Å². The Hall–Kier alpha value is -0.580. The number of likely N-dealkylation sites (tertiary alicyclic amines) is 1. The minimum Gasteiger partial charge on any atom is -0.336 e. The molecule has 2 heterocycles. The molecule has 0 saturated carbocycles. The van der Waals surface area contributed by atoms with E-state index in [9.17, 15) is 4.79 Å². The molecular weight excluding hydrogens is 256 g/mol. The van der Waals surface area contributed by atoms with Crippen LogP contribution in [-0.2, 0) is 6.42 Å². The molecule has 1 aromatic rings. The lowest BCUT2D eigenvalue weighted by Gasteiger charge is -2.16. The summed E-state index contributed by atoms with van der Waals surface area (Å²) < 4.78 is 0. The van der Waals surface area contributed by atoms with Crippen LogP contribution >= 0.6 is 23.7 Å². The minimum absolute atomic E-state index is 0. The Morgan fingerprint density at radius 3 is 3.00 bits per heavy atom. The van der Waals surface area contributed by atoms with Crippen molar-refractivity contribution in [3.8, 4) is 0 Å². The predicted octanol–water partition coefficient (Wildman–Crippen LogP) is 2.17. The highest BCUT2D eigenvalue weighted by atomic mass is 35.5. The zero-order valence-corrected chi connectivity index (χ0v) is 11.9. The van der Waals surface area contributed by atoms with E-state index in [1.165, 1.54) is 5.56 Å². The molecule has 1 amide bonds. The summed E-state index contributed by atoms with van der Waals surface area (Å²) in [6.45, 7) is 3.82. The quantitative estimate of drug-likeness (QED) is 0.916. The molecule has 1 fully saturated rings. The van der Waals surface area contributed by atoms with Crippen LogP contribution < -0.4 is 5.32 Å². The number of rotatable bonds is 3. The molecule has 1 atom stereocenters. The molecule has 1 aliphatic rings. The lowest BCUT2D eigenvalue weighted by Crippen LogP contribution is -2.33. The molecule has 1 saturated heterocycles. The van der Waals surface area contributed by atoms with Gasteiger partial charge in [-0.3, -0.25) is 4.79 Å². The van der Waals surface area contributed by atoms with Crippen molar-refractivity contribution in [2.45, 2.75) is 25.8 Å². The summed E-state index contributed by atoms with van der Waals surface area (Å²) in [5, 5.41) is 5.24. The third-order valence-corrected chi connectivity index (χ3v) is 4.15. The maximum absolute atomic E-state index is 12.3. The van der Waals surface area contributed by atoms with E-state index < -0.39 is 0 Å². The van der Waals surface area contributed by atoms with Gasteiger partial charge in [0.05, 0.1) is 4.88 Å². The average molecular weight is 275 g/mol. The van der Waals surface area contributed by atoms with Crippen molar-refractivity contribution in [3.63, 3.8) is 0 Å². The van der Waals surface area contributed by atoms with Crippen molar-refractivity contribution in [2.75, 3.05) is 20.1 Å². The number of carbonyl (C=O) groups excluding carboxylic acids is 1. The SMILES string of the molecule is CCc1ccsc1C(=O)N1CCC(NC)C1.Cl. The summed E-state index contributed by atoms with van der Waals surface area (Å²) in [6.07, 6.45) is 2.00. The van der Waals surface area contributed by atoms with Crippen LogP contribution in [0.4, 0.5) is 0 Å². The van der Waals surface area contributed by atoms with Gasteiger partial charge in [0.1, 0.15) is 0 Å². The van der Waals surface area contributed by atoms with Gasteiger partial charge < -0.3 is 10.2 Å². The number of halogens is 1. The van der Waals surface area contributed by atoms with Crippen LogP contribution in [0.5, 0.6) is 0 Å². The fourth-order valence-electron chi connectivity index (χ4n) is 2.13. The molecule has 1 unspecified atom stereocenters. The number of nitrogens with one attached hydrogen (secondary N) is 1. The van der Waals surface area contributed by atoms with Gasteiger partial charge in [-0.25, -0.2) is 0 Å². The molecule has 0 bridgehead atoms. The molecule has 96 valence electrons. The van der Waals surface area contributed by atoms with Crippen LogP contribution in [0.3, 0.4) is 0 Å². The minimum atomic E-state index is 0. The molecule has 0 aliphatic carbocycles. The van der Waals surface area contributed by atoms with Gasteiger partial charge >= 0.3 is 0 Å². The Balaban J connectivity index is 0.00000144. The summed E-state index contributed by atoms with van der Waals surface area (Å²) >= 11 is 1.57. The zero-order valence-electron chi connectivity index (χ0n) is 10.2. The van der Waals surface area contributed by atoms with Gasteiger partial charge in [-0.05, 0) is 36.9 Å². The van der Waals surface area contributed by atoms with Gasteiger partial charge in [-0.15, -0.1) is 23.7 Å². The first-order valence-corrected chi connectivity index (χ1v) is 6.67. The van der Waals surface area contributed by atoms with Crippen molar-refractivity contribution in [1.82, 2.24) is 10.2 Å². The van der Waals surface area contributed by atoms with Crippen LogP contribution in [0, 0.1) is 0 Å². The van der Waals surface area contributed by atoms with Gasteiger partial charge in [0.25, 0.3) is 5.91 Å². The van der Waals surface area contributed by atoms with E-state index in [-0.39, 0.29) is 18.3 Å². The van der Waals surface area contributed by atoms with E-state index in [2.05, 4.69) is 18.3 Å². The first-order chi connectivity index (χ1) is 7.76. The Labute approximate surface area is 113 Å². The summed E-state index contributed by atoms with van der Waals surface area (Å²) in [4.78, 5) is 15.2. The molecule has 5 heteroatoms. The molecule has 1 N–H and O–H groups in total.